The van der Waals surface area contributed by atoms with E-state index in [1.807, 2.05) is 0 Å². The molecule has 0 radical (unpaired) electrons. The van der Waals surface area contributed by atoms with Crippen molar-refractivity contribution in [3.63, 3.8) is 0 Å². The molecule has 0 amide bonds. The Balaban J connectivity index is 0.856. The first kappa shape index (κ1) is 39.0. The second-order valence-corrected chi connectivity index (χ2v) is 18.1. The van der Waals surface area contributed by atoms with Gasteiger partial charge in [-0.05, 0) is 145 Å². The molecule has 2 heterocycles. The van der Waals surface area contributed by atoms with Crippen molar-refractivity contribution in [3.8, 4) is 39.1 Å². The van der Waals surface area contributed by atoms with Crippen LogP contribution < -0.4 is 4.90 Å². The van der Waals surface area contributed by atoms with E-state index in [0.717, 1.165) is 72.3 Å². The van der Waals surface area contributed by atoms with E-state index in [2.05, 4.69) is 264 Å². The van der Waals surface area contributed by atoms with E-state index >= 15 is 0 Å². The first-order valence-electron chi connectivity index (χ1n) is 23.6. The summed E-state index contributed by atoms with van der Waals surface area (Å²) in [6.07, 6.45) is 0. The molecular weight excluding hydrogens is 837 g/mol. The number of furan rings is 1. The molecule has 12 aromatic carbocycles. The van der Waals surface area contributed by atoms with Crippen molar-refractivity contribution in [3.05, 3.63) is 255 Å². The summed E-state index contributed by atoms with van der Waals surface area (Å²) in [5.41, 5.74) is 15.6. The smallest absolute Gasteiger partial charge is 0.143 e. The molecule has 0 aliphatic heterocycles. The Morgan fingerprint density at radius 2 is 0.783 bits per heavy atom. The van der Waals surface area contributed by atoms with Gasteiger partial charge >= 0.3 is 0 Å². The summed E-state index contributed by atoms with van der Waals surface area (Å²) in [7, 11) is 0. The Morgan fingerprint density at radius 1 is 0.275 bits per heavy atom. The largest absolute Gasteiger partial charge is 0.455 e. The third kappa shape index (κ3) is 6.51. The van der Waals surface area contributed by atoms with E-state index in [1.54, 1.807) is 0 Å². The summed E-state index contributed by atoms with van der Waals surface area (Å²) in [6, 6.07) is 92.6. The van der Waals surface area contributed by atoms with E-state index in [-0.39, 0.29) is 0 Å². The predicted octanol–water partition coefficient (Wildman–Crippen LogP) is 18.6. The summed E-state index contributed by atoms with van der Waals surface area (Å²) in [4.78, 5) is 2.37. The molecule has 0 fully saturated rings. The van der Waals surface area contributed by atoms with Crippen LogP contribution in [0.5, 0.6) is 0 Å². The van der Waals surface area contributed by atoms with Crippen molar-refractivity contribution in [2.75, 3.05) is 4.90 Å². The van der Waals surface area contributed by atoms with E-state index in [1.165, 1.54) is 59.9 Å². The van der Waals surface area contributed by atoms with Gasteiger partial charge in [-0.1, -0.05) is 170 Å². The lowest BCUT2D eigenvalue weighted by Gasteiger charge is -2.26. The number of para-hydroxylation sites is 2. The van der Waals surface area contributed by atoms with Crippen LogP contribution >= 0.6 is 0 Å². The lowest BCUT2D eigenvalue weighted by Crippen LogP contribution is -2.10. The molecule has 0 bridgehead atoms. The van der Waals surface area contributed by atoms with Gasteiger partial charge in [-0.25, -0.2) is 0 Å². The van der Waals surface area contributed by atoms with Gasteiger partial charge in [-0.2, -0.15) is 0 Å². The molecule has 322 valence electrons. The summed E-state index contributed by atoms with van der Waals surface area (Å²) >= 11 is 0. The van der Waals surface area contributed by atoms with Gasteiger partial charge in [0, 0.05) is 49.7 Å². The number of fused-ring (bicyclic) bond motifs is 11. The van der Waals surface area contributed by atoms with Crippen LogP contribution in [-0.2, 0) is 0 Å². The van der Waals surface area contributed by atoms with Gasteiger partial charge < -0.3 is 13.9 Å². The van der Waals surface area contributed by atoms with Crippen molar-refractivity contribution in [2.45, 2.75) is 0 Å². The lowest BCUT2D eigenvalue weighted by atomic mass is 9.97. The topological polar surface area (TPSA) is 21.3 Å². The van der Waals surface area contributed by atoms with Crippen LogP contribution in [0, 0.1) is 0 Å². The van der Waals surface area contributed by atoms with Crippen LogP contribution in [0.3, 0.4) is 0 Å². The van der Waals surface area contributed by atoms with Crippen LogP contribution in [0.4, 0.5) is 17.1 Å². The maximum Gasteiger partial charge on any atom is 0.143 e. The van der Waals surface area contributed by atoms with Gasteiger partial charge in [0.2, 0.25) is 0 Å². The SMILES string of the molecule is c1cc(-c2ccc3oc4c5ccccc5ccc4c3c2)cc(N(c2ccc(-c3cccc(-n4c5ccccc5c5ccccc54)c3)cc2)c2ccc(-c3ccc4c(ccc5ccccc54)c3)cc2)c1. The highest BCUT2D eigenvalue weighted by molar-refractivity contribution is 6.16. The number of nitrogens with zero attached hydrogens (tertiary/aromatic N) is 2. The second kappa shape index (κ2) is 15.7. The molecule has 14 aromatic rings. The molecule has 3 nitrogen and oxygen atoms in total. The highest BCUT2D eigenvalue weighted by Gasteiger charge is 2.18. The Hall–Kier alpha value is -9.18. The van der Waals surface area contributed by atoms with E-state index in [4.69, 9.17) is 4.42 Å². The molecule has 0 saturated heterocycles. The molecule has 0 spiro atoms. The summed E-state index contributed by atoms with van der Waals surface area (Å²) in [5.74, 6) is 0. The minimum atomic E-state index is 0.892. The molecule has 2 aromatic heterocycles. The maximum absolute atomic E-state index is 6.51. The van der Waals surface area contributed by atoms with Crippen LogP contribution in [0.15, 0.2) is 259 Å². The zero-order valence-electron chi connectivity index (χ0n) is 37.6. The molecule has 0 atom stereocenters. The average molecular weight is 879 g/mol. The van der Waals surface area contributed by atoms with E-state index in [0.29, 0.717) is 0 Å². The second-order valence-electron chi connectivity index (χ2n) is 18.1. The third-order valence-corrected chi connectivity index (χ3v) is 14.1. The molecular formula is C66H42N2O. The zero-order chi connectivity index (χ0) is 45.4. The van der Waals surface area contributed by atoms with Gasteiger partial charge in [0.05, 0.1) is 11.0 Å². The van der Waals surface area contributed by atoms with E-state index < -0.39 is 0 Å². The Bertz CT molecular complexity index is 4260. The lowest BCUT2D eigenvalue weighted by molar-refractivity contribution is 0.672. The Morgan fingerprint density at radius 3 is 1.51 bits per heavy atom. The predicted molar refractivity (Wildman–Crippen MR) is 292 cm³/mol. The third-order valence-electron chi connectivity index (χ3n) is 14.1. The quantitative estimate of drug-likeness (QED) is 0.149. The van der Waals surface area contributed by atoms with Gasteiger partial charge in [0.1, 0.15) is 11.2 Å². The zero-order valence-corrected chi connectivity index (χ0v) is 37.6. The summed E-state index contributed by atoms with van der Waals surface area (Å²) in [6.45, 7) is 0. The normalized spacial score (nSPS) is 11.8. The fraction of sp³-hybridized carbons (Fsp3) is 0. The van der Waals surface area contributed by atoms with Crippen LogP contribution in [0.2, 0.25) is 0 Å². The van der Waals surface area contributed by atoms with Gasteiger partial charge in [-0.3, -0.25) is 0 Å². The molecule has 0 aliphatic rings. The highest BCUT2D eigenvalue weighted by Crippen LogP contribution is 2.42. The van der Waals surface area contributed by atoms with Crippen molar-refractivity contribution in [1.29, 1.82) is 0 Å². The van der Waals surface area contributed by atoms with Crippen LogP contribution in [0.25, 0.3) is 115 Å². The number of hydrogen-bond donors (Lipinski definition) is 0. The highest BCUT2D eigenvalue weighted by atomic mass is 16.3. The fourth-order valence-electron chi connectivity index (χ4n) is 10.8. The van der Waals surface area contributed by atoms with E-state index in [9.17, 15) is 0 Å². The van der Waals surface area contributed by atoms with Gasteiger partial charge in [0.15, 0.2) is 0 Å². The van der Waals surface area contributed by atoms with Crippen molar-refractivity contribution in [1.82, 2.24) is 4.57 Å². The number of anilines is 3. The van der Waals surface area contributed by atoms with Crippen molar-refractivity contribution < 1.29 is 4.42 Å². The molecule has 0 saturated carbocycles. The minimum Gasteiger partial charge on any atom is -0.455 e. The molecule has 0 aliphatic carbocycles. The Labute approximate surface area is 399 Å². The first-order valence-corrected chi connectivity index (χ1v) is 23.6. The molecule has 14 rings (SSSR count). The number of benzene rings is 12. The van der Waals surface area contributed by atoms with Crippen LogP contribution in [-0.4, -0.2) is 4.57 Å². The number of hydrogen-bond acceptors (Lipinski definition) is 2. The molecule has 69 heavy (non-hydrogen) atoms. The molecule has 3 heteroatoms. The molecule has 0 unspecified atom stereocenters. The average Bonchev–Trinajstić information content (AvgIpc) is 3.97. The maximum atomic E-state index is 6.51. The number of rotatable bonds is 7. The van der Waals surface area contributed by atoms with Crippen LogP contribution in [0.1, 0.15) is 0 Å². The molecule has 0 N–H and O–H groups in total. The van der Waals surface area contributed by atoms with Crippen molar-refractivity contribution in [2.24, 2.45) is 0 Å². The number of aromatic nitrogens is 1. The fourth-order valence-corrected chi connectivity index (χ4v) is 10.8. The van der Waals surface area contributed by atoms with Crippen molar-refractivity contribution >= 4 is 93.1 Å². The minimum absolute atomic E-state index is 0.892. The monoisotopic (exact) mass is 878 g/mol. The summed E-state index contributed by atoms with van der Waals surface area (Å²) in [5, 5.41) is 12.1. The van der Waals surface area contributed by atoms with Gasteiger partial charge in [-0.15, -0.1) is 0 Å². The first-order chi connectivity index (χ1) is 34.2. The Kier molecular flexibility index (Phi) is 8.90. The van der Waals surface area contributed by atoms with Gasteiger partial charge in [0.25, 0.3) is 0 Å². The standard InChI is InChI=1S/C66H42N2O/c1-3-17-56-45(11-1)23-24-51-39-49(30-36-57(51)56)44-27-34-53(35-28-44)67(54-15-10-14-48(41-54)50-31-38-65-62(42-50)61-37-29-46-12-2-4-18-58(46)66(61)69-65)52-32-25-43(26-33-52)47-13-9-16-55(40-47)68-63-21-7-5-19-59(63)60-20-6-8-22-64(60)68/h1-42H. The summed E-state index contributed by atoms with van der Waals surface area (Å²) < 4.78 is 8.89.